The zero-order valence-corrected chi connectivity index (χ0v) is 16.0. The molecular formula is C26H20N2O. The SMILES string of the molecule is Oc1cncc2ccc(-c3ccc4c(ccc5c6c(ccc54)CCCC6)c3)nc12. The summed E-state index contributed by atoms with van der Waals surface area (Å²) in [5, 5.41) is 16.2. The number of rotatable bonds is 1. The van der Waals surface area contributed by atoms with Crippen LogP contribution < -0.4 is 0 Å². The molecule has 6 rings (SSSR count). The third-order valence-electron chi connectivity index (χ3n) is 6.22. The van der Waals surface area contributed by atoms with Crippen LogP contribution in [0.25, 0.3) is 43.7 Å². The first-order valence-electron chi connectivity index (χ1n) is 10.2. The number of aromatic hydroxyl groups is 1. The zero-order chi connectivity index (χ0) is 19.4. The van der Waals surface area contributed by atoms with Gasteiger partial charge in [-0.2, -0.15) is 0 Å². The van der Waals surface area contributed by atoms with Gasteiger partial charge in [-0.05, 0) is 76.6 Å². The lowest BCUT2D eigenvalue weighted by Gasteiger charge is -2.19. The molecule has 3 nitrogen and oxygen atoms in total. The summed E-state index contributed by atoms with van der Waals surface area (Å²) in [5.41, 5.74) is 5.55. The van der Waals surface area contributed by atoms with Crippen LogP contribution in [0.15, 0.2) is 67.0 Å². The van der Waals surface area contributed by atoms with Crippen LogP contribution in [0.4, 0.5) is 0 Å². The summed E-state index contributed by atoms with van der Waals surface area (Å²) in [5.74, 6) is 0.112. The molecule has 0 spiro atoms. The highest BCUT2D eigenvalue weighted by Gasteiger charge is 2.14. The van der Waals surface area contributed by atoms with Gasteiger partial charge in [0.05, 0.1) is 11.9 Å². The molecule has 3 aromatic carbocycles. The molecule has 29 heavy (non-hydrogen) atoms. The summed E-state index contributed by atoms with van der Waals surface area (Å²) in [6.07, 6.45) is 8.15. The van der Waals surface area contributed by atoms with E-state index in [1.807, 2.05) is 12.1 Å². The topological polar surface area (TPSA) is 46.0 Å². The van der Waals surface area contributed by atoms with Gasteiger partial charge in [0.25, 0.3) is 0 Å². The van der Waals surface area contributed by atoms with Gasteiger partial charge in [0, 0.05) is 17.1 Å². The fourth-order valence-corrected chi connectivity index (χ4v) is 4.75. The van der Waals surface area contributed by atoms with Crippen molar-refractivity contribution in [2.45, 2.75) is 25.7 Å². The molecule has 0 fully saturated rings. The van der Waals surface area contributed by atoms with E-state index in [1.54, 1.807) is 11.8 Å². The predicted molar refractivity (Wildman–Crippen MR) is 118 cm³/mol. The first-order valence-corrected chi connectivity index (χ1v) is 10.2. The minimum absolute atomic E-state index is 0.112. The van der Waals surface area contributed by atoms with E-state index in [0.717, 1.165) is 16.6 Å². The quantitative estimate of drug-likeness (QED) is 0.355. The predicted octanol–water partition coefficient (Wildman–Crippen LogP) is 6.19. The Morgan fingerprint density at radius 2 is 1.55 bits per heavy atom. The molecule has 3 heteroatoms. The van der Waals surface area contributed by atoms with Gasteiger partial charge in [-0.25, -0.2) is 4.98 Å². The highest BCUT2D eigenvalue weighted by Crippen LogP contribution is 2.35. The standard InChI is InChI=1S/C26H20N2O/c29-25-15-27-14-19-8-12-24(28-26(19)25)18-7-9-21-17(13-18)6-11-22-20-4-2-1-3-16(20)5-10-23(21)22/h5-15,29H,1-4H2. The number of nitrogens with zero attached hydrogens (tertiary/aromatic N) is 2. The maximum Gasteiger partial charge on any atom is 0.160 e. The highest BCUT2D eigenvalue weighted by atomic mass is 16.3. The first kappa shape index (κ1) is 16.5. The van der Waals surface area contributed by atoms with Crippen molar-refractivity contribution >= 4 is 32.4 Å². The molecule has 0 saturated heterocycles. The monoisotopic (exact) mass is 376 g/mol. The summed E-state index contributed by atoms with van der Waals surface area (Å²) in [7, 11) is 0. The minimum Gasteiger partial charge on any atom is -0.504 e. The Bertz CT molecular complexity index is 1420. The van der Waals surface area contributed by atoms with Crippen LogP contribution in [0, 0.1) is 0 Å². The summed E-state index contributed by atoms with van der Waals surface area (Å²) in [6.45, 7) is 0. The van der Waals surface area contributed by atoms with Crippen molar-refractivity contribution in [3.63, 3.8) is 0 Å². The first-order chi connectivity index (χ1) is 14.3. The van der Waals surface area contributed by atoms with Crippen molar-refractivity contribution < 1.29 is 5.11 Å². The second-order valence-corrected chi connectivity index (χ2v) is 7.93. The summed E-state index contributed by atoms with van der Waals surface area (Å²) < 4.78 is 0. The maximum atomic E-state index is 10.1. The van der Waals surface area contributed by atoms with Crippen molar-refractivity contribution in [3.8, 4) is 17.0 Å². The van der Waals surface area contributed by atoms with E-state index in [-0.39, 0.29) is 5.75 Å². The Morgan fingerprint density at radius 1 is 0.724 bits per heavy atom. The molecule has 1 aliphatic rings. The van der Waals surface area contributed by atoms with E-state index >= 15 is 0 Å². The summed E-state index contributed by atoms with van der Waals surface area (Å²) in [6, 6.07) is 19.6. The van der Waals surface area contributed by atoms with Gasteiger partial charge in [0.2, 0.25) is 0 Å². The molecule has 0 unspecified atom stereocenters. The number of hydrogen-bond donors (Lipinski definition) is 1. The van der Waals surface area contributed by atoms with Crippen LogP contribution in [0.5, 0.6) is 5.75 Å². The van der Waals surface area contributed by atoms with Crippen molar-refractivity contribution in [3.05, 3.63) is 78.1 Å². The lowest BCUT2D eigenvalue weighted by molar-refractivity contribution is 0.478. The van der Waals surface area contributed by atoms with Gasteiger partial charge in [-0.15, -0.1) is 0 Å². The van der Waals surface area contributed by atoms with E-state index < -0.39 is 0 Å². The van der Waals surface area contributed by atoms with Crippen LogP contribution in [-0.2, 0) is 12.8 Å². The van der Waals surface area contributed by atoms with E-state index in [2.05, 4.69) is 52.4 Å². The van der Waals surface area contributed by atoms with Crippen LogP contribution in [0.2, 0.25) is 0 Å². The van der Waals surface area contributed by atoms with Crippen LogP contribution in [0.3, 0.4) is 0 Å². The maximum absolute atomic E-state index is 10.1. The third kappa shape index (κ3) is 2.58. The molecule has 1 aliphatic carbocycles. The minimum atomic E-state index is 0.112. The number of aromatic nitrogens is 2. The summed E-state index contributed by atoms with van der Waals surface area (Å²) in [4.78, 5) is 8.71. The fraction of sp³-hybridized carbons (Fsp3) is 0.154. The number of hydrogen-bond acceptors (Lipinski definition) is 3. The number of aryl methyl sites for hydroxylation is 2. The normalized spacial score (nSPS) is 13.8. The van der Waals surface area contributed by atoms with E-state index in [9.17, 15) is 5.11 Å². The Balaban J connectivity index is 1.53. The molecule has 0 saturated carbocycles. The second-order valence-electron chi connectivity index (χ2n) is 7.93. The van der Waals surface area contributed by atoms with Gasteiger partial charge < -0.3 is 5.11 Å². The van der Waals surface area contributed by atoms with Crippen molar-refractivity contribution in [2.24, 2.45) is 0 Å². The van der Waals surface area contributed by atoms with Gasteiger partial charge in [0.1, 0.15) is 5.52 Å². The molecule has 5 aromatic rings. The Morgan fingerprint density at radius 3 is 2.52 bits per heavy atom. The van der Waals surface area contributed by atoms with Gasteiger partial charge in [0.15, 0.2) is 5.75 Å². The Kier molecular flexibility index (Phi) is 3.57. The molecule has 2 aromatic heterocycles. The molecular weight excluding hydrogens is 356 g/mol. The van der Waals surface area contributed by atoms with Gasteiger partial charge in [-0.3, -0.25) is 4.98 Å². The molecule has 0 amide bonds. The highest BCUT2D eigenvalue weighted by molar-refractivity contribution is 6.09. The van der Waals surface area contributed by atoms with E-state index in [0.29, 0.717) is 5.52 Å². The zero-order valence-electron chi connectivity index (χ0n) is 16.0. The van der Waals surface area contributed by atoms with Gasteiger partial charge >= 0.3 is 0 Å². The van der Waals surface area contributed by atoms with Crippen LogP contribution in [-0.4, -0.2) is 15.1 Å². The van der Waals surface area contributed by atoms with Gasteiger partial charge in [-0.1, -0.05) is 36.4 Å². The van der Waals surface area contributed by atoms with Crippen molar-refractivity contribution in [1.82, 2.24) is 9.97 Å². The molecule has 0 bridgehead atoms. The molecule has 0 atom stereocenters. The number of fused-ring (bicyclic) bond motifs is 6. The fourth-order valence-electron chi connectivity index (χ4n) is 4.75. The lowest BCUT2D eigenvalue weighted by Crippen LogP contribution is -2.03. The van der Waals surface area contributed by atoms with Crippen LogP contribution in [0.1, 0.15) is 24.0 Å². The lowest BCUT2D eigenvalue weighted by atomic mass is 9.86. The average molecular weight is 376 g/mol. The smallest absolute Gasteiger partial charge is 0.160 e. The van der Waals surface area contributed by atoms with E-state index in [4.69, 9.17) is 0 Å². The molecule has 1 N–H and O–H groups in total. The largest absolute Gasteiger partial charge is 0.504 e. The molecule has 2 heterocycles. The average Bonchev–Trinajstić information content (AvgIpc) is 2.78. The number of pyridine rings is 2. The Labute approximate surface area is 168 Å². The van der Waals surface area contributed by atoms with E-state index in [1.165, 1.54) is 59.0 Å². The van der Waals surface area contributed by atoms with Crippen LogP contribution >= 0.6 is 0 Å². The Hall–Kier alpha value is -3.46. The molecule has 0 aliphatic heterocycles. The second kappa shape index (κ2) is 6.28. The summed E-state index contributed by atoms with van der Waals surface area (Å²) >= 11 is 0. The third-order valence-corrected chi connectivity index (χ3v) is 6.22. The molecule has 0 radical (unpaired) electrons. The van der Waals surface area contributed by atoms with Crippen molar-refractivity contribution in [2.75, 3.05) is 0 Å². The van der Waals surface area contributed by atoms with Crippen molar-refractivity contribution in [1.29, 1.82) is 0 Å². The molecule has 140 valence electrons. The number of benzene rings is 3.